The van der Waals surface area contributed by atoms with Crippen molar-refractivity contribution >= 4 is 38.7 Å². The second kappa shape index (κ2) is 4.39. The van der Waals surface area contributed by atoms with Crippen LogP contribution in [0, 0.1) is 6.92 Å². The number of rotatable bonds is 2. The van der Waals surface area contributed by atoms with E-state index in [1.165, 1.54) is 11.3 Å². The first-order valence-corrected chi connectivity index (χ1v) is 6.40. The van der Waals surface area contributed by atoms with E-state index in [4.69, 9.17) is 5.73 Å². The number of benzene rings is 1. The maximum absolute atomic E-state index is 12.2. The standard InChI is InChI=1S/C12H10BrNOS/c1-7-4-5-16-12(7)11(15)9-6-8(14)2-3-10(9)13/h2-6H,14H2,1H3. The second-order valence-corrected chi connectivity index (χ2v) is 5.27. The highest BCUT2D eigenvalue weighted by molar-refractivity contribution is 9.10. The molecule has 0 amide bonds. The quantitative estimate of drug-likeness (QED) is 0.679. The Kier molecular flexibility index (Phi) is 3.12. The molecule has 0 saturated carbocycles. The highest BCUT2D eigenvalue weighted by Gasteiger charge is 2.15. The van der Waals surface area contributed by atoms with Gasteiger partial charge in [0.25, 0.3) is 0 Å². The summed E-state index contributed by atoms with van der Waals surface area (Å²) < 4.78 is 0.777. The summed E-state index contributed by atoms with van der Waals surface area (Å²) in [6.07, 6.45) is 0. The number of hydrogen-bond donors (Lipinski definition) is 1. The van der Waals surface area contributed by atoms with Gasteiger partial charge in [-0.2, -0.15) is 0 Å². The van der Waals surface area contributed by atoms with Crippen LogP contribution in [0.15, 0.2) is 34.1 Å². The summed E-state index contributed by atoms with van der Waals surface area (Å²) in [4.78, 5) is 13.0. The van der Waals surface area contributed by atoms with Crippen molar-refractivity contribution in [2.75, 3.05) is 5.73 Å². The number of hydrogen-bond acceptors (Lipinski definition) is 3. The molecule has 0 atom stereocenters. The molecule has 82 valence electrons. The van der Waals surface area contributed by atoms with Gasteiger partial charge in [0.05, 0.1) is 4.88 Å². The number of anilines is 1. The number of carbonyl (C=O) groups is 1. The van der Waals surface area contributed by atoms with Crippen molar-refractivity contribution in [1.82, 2.24) is 0 Å². The number of aryl methyl sites for hydroxylation is 1. The SMILES string of the molecule is Cc1ccsc1C(=O)c1cc(N)ccc1Br. The lowest BCUT2D eigenvalue weighted by molar-refractivity contribution is 0.104. The van der Waals surface area contributed by atoms with Crippen LogP contribution in [-0.2, 0) is 0 Å². The predicted octanol–water partition coefficient (Wildman–Crippen LogP) is 3.63. The summed E-state index contributed by atoms with van der Waals surface area (Å²) in [5.74, 6) is 0.0201. The van der Waals surface area contributed by atoms with Gasteiger partial charge < -0.3 is 5.73 Å². The van der Waals surface area contributed by atoms with E-state index in [2.05, 4.69) is 15.9 Å². The van der Waals surface area contributed by atoms with Crippen LogP contribution in [0.25, 0.3) is 0 Å². The Labute approximate surface area is 106 Å². The van der Waals surface area contributed by atoms with E-state index in [1.54, 1.807) is 18.2 Å². The Hall–Kier alpha value is -1.13. The summed E-state index contributed by atoms with van der Waals surface area (Å²) in [7, 11) is 0. The van der Waals surface area contributed by atoms with E-state index in [1.807, 2.05) is 18.4 Å². The first-order chi connectivity index (χ1) is 7.59. The van der Waals surface area contributed by atoms with Crippen LogP contribution in [0.1, 0.15) is 20.8 Å². The van der Waals surface area contributed by atoms with Crippen LogP contribution in [0.2, 0.25) is 0 Å². The number of carbonyl (C=O) groups excluding carboxylic acids is 1. The molecule has 2 aromatic rings. The molecule has 2 N–H and O–H groups in total. The van der Waals surface area contributed by atoms with Gasteiger partial charge in [0.2, 0.25) is 5.78 Å². The van der Waals surface area contributed by atoms with Crippen molar-refractivity contribution in [2.24, 2.45) is 0 Å². The molecule has 0 aliphatic heterocycles. The van der Waals surface area contributed by atoms with Crippen LogP contribution in [0.3, 0.4) is 0 Å². The van der Waals surface area contributed by atoms with Gasteiger partial charge in [0.15, 0.2) is 0 Å². The van der Waals surface area contributed by atoms with Gasteiger partial charge in [0.1, 0.15) is 0 Å². The number of nitrogen functional groups attached to an aromatic ring is 1. The molecule has 4 heteroatoms. The average molecular weight is 296 g/mol. The third-order valence-corrected chi connectivity index (χ3v) is 4.01. The number of ketones is 1. The molecule has 0 aliphatic rings. The molecule has 0 bridgehead atoms. The summed E-state index contributed by atoms with van der Waals surface area (Å²) in [6, 6.07) is 7.21. The first kappa shape index (κ1) is 11.4. The molecule has 2 nitrogen and oxygen atoms in total. The van der Waals surface area contributed by atoms with Crippen molar-refractivity contribution in [1.29, 1.82) is 0 Å². The van der Waals surface area contributed by atoms with E-state index in [0.717, 1.165) is 14.9 Å². The highest BCUT2D eigenvalue weighted by atomic mass is 79.9. The van der Waals surface area contributed by atoms with Crippen LogP contribution in [0.5, 0.6) is 0 Å². The van der Waals surface area contributed by atoms with Crippen molar-refractivity contribution < 1.29 is 4.79 Å². The molecule has 0 unspecified atom stereocenters. The van der Waals surface area contributed by atoms with Crippen LogP contribution in [-0.4, -0.2) is 5.78 Å². The van der Waals surface area contributed by atoms with E-state index >= 15 is 0 Å². The molecular weight excluding hydrogens is 286 g/mol. The zero-order valence-corrected chi connectivity index (χ0v) is 11.1. The number of thiophene rings is 1. The van der Waals surface area contributed by atoms with E-state index < -0.39 is 0 Å². The molecule has 0 spiro atoms. The van der Waals surface area contributed by atoms with Gasteiger partial charge in [-0.05, 0) is 42.1 Å². The predicted molar refractivity (Wildman–Crippen MR) is 71.0 cm³/mol. The fourth-order valence-corrected chi connectivity index (χ4v) is 2.75. The van der Waals surface area contributed by atoms with Gasteiger partial charge in [-0.1, -0.05) is 15.9 Å². The molecule has 0 saturated heterocycles. The van der Waals surface area contributed by atoms with Crippen LogP contribution >= 0.6 is 27.3 Å². The smallest absolute Gasteiger partial charge is 0.204 e. The molecule has 0 aliphatic carbocycles. The van der Waals surface area contributed by atoms with E-state index in [-0.39, 0.29) is 5.78 Å². The molecule has 1 aromatic heterocycles. The van der Waals surface area contributed by atoms with E-state index in [0.29, 0.717) is 11.3 Å². The minimum atomic E-state index is 0.0201. The first-order valence-electron chi connectivity index (χ1n) is 4.73. The molecule has 0 fully saturated rings. The molecule has 1 aromatic carbocycles. The Morgan fingerprint density at radius 2 is 2.12 bits per heavy atom. The summed E-state index contributed by atoms with van der Waals surface area (Å²) in [6.45, 7) is 1.93. The topological polar surface area (TPSA) is 43.1 Å². The summed E-state index contributed by atoms with van der Waals surface area (Å²) in [5.41, 5.74) is 7.91. The maximum Gasteiger partial charge on any atom is 0.204 e. The Bertz CT molecular complexity index is 548. The minimum absolute atomic E-state index is 0.0201. The average Bonchev–Trinajstić information content (AvgIpc) is 2.67. The molecule has 1 heterocycles. The number of nitrogens with two attached hydrogens (primary N) is 1. The lowest BCUT2D eigenvalue weighted by Crippen LogP contribution is -2.02. The van der Waals surface area contributed by atoms with Crippen molar-refractivity contribution in [3.05, 3.63) is 50.1 Å². The van der Waals surface area contributed by atoms with Crippen LogP contribution in [0.4, 0.5) is 5.69 Å². The summed E-state index contributed by atoms with van der Waals surface area (Å²) in [5, 5.41) is 1.92. The second-order valence-electron chi connectivity index (χ2n) is 3.50. The molecular formula is C12H10BrNOS. The zero-order valence-electron chi connectivity index (χ0n) is 8.66. The van der Waals surface area contributed by atoms with Crippen LogP contribution < -0.4 is 5.73 Å². The van der Waals surface area contributed by atoms with Crippen molar-refractivity contribution in [3.63, 3.8) is 0 Å². The maximum atomic E-state index is 12.2. The zero-order chi connectivity index (χ0) is 11.7. The lowest BCUT2D eigenvalue weighted by Gasteiger charge is -2.04. The summed E-state index contributed by atoms with van der Waals surface area (Å²) >= 11 is 4.83. The third-order valence-electron chi connectivity index (χ3n) is 2.30. The van der Waals surface area contributed by atoms with Gasteiger partial charge in [-0.15, -0.1) is 11.3 Å². The lowest BCUT2D eigenvalue weighted by atomic mass is 10.1. The third kappa shape index (κ3) is 2.03. The highest BCUT2D eigenvalue weighted by Crippen LogP contribution is 2.26. The minimum Gasteiger partial charge on any atom is -0.399 e. The van der Waals surface area contributed by atoms with Gasteiger partial charge >= 0.3 is 0 Å². The Morgan fingerprint density at radius 3 is 2.75 bits per heavy atom. The number of halogens is 1. The van der Waals surface area contributed by atoms with Crippen molar-refractivity contribution in [3.8, 4) is 0 Å². The Balaban J connectivity index is 2.49. The largest absolute Gasteiger partial charge is 0.399 e. The Morgan fingerprint density at radius 1 is 1.38 bits per heavy atom. The fourth-order valence-electron chi connectivity index (χ4n) is 1.44. The monoisotopic (exact) mass is 295 g/mol. The molecule has 0 radical (unpaired) electrons. The van der Waals surface area contributed by atoms with Gasteiger partial charge in [0, 0.05) is 15.7 Å². The van der Waals surface area contributed by atoms with Crippen molar-refractivity contribution in [2.45, 2.75) is 6.92 Å². The van der Waals surface area contributed by atoms with Gasteiger partial charge in [-0.25, -0.2) is 0 Å². The molecule has 2 rings (SSSR count). The fraction of sp³-hybridized carbons (Fsp3) is 0.0833. The van der Waals surface area contributed by atoms with E-state index in [9.17, 15) is 4.79 Å². The van der Waals surface area contributed by atoms with Gasteiger partial charge in [-0.3, -0.25) is 4.79 Å². The molecule has 16 heavy (non-hydrogen) atoms. The normalized spacial score (nSPS) is 10.4.